The van der Waals surface area contributed by atoms with Gasteiger partial charge in [-0.05, 0) is 43.5 Å². The third-order valence-corrected chi connectivity index (χ3v) is 4.11. The molecule has 0 atom stereocenters. The molecule has 1 aromatic carbocycles. The van der Waals surface area contributed by atoms with Crippen LogP contribution in [0.15, 0.2) is 24.3 Å². The molecule has 0 saturated heterocycles. The molecule has 0 aliphatic carbocycles. The van der Waals surface area contributed by atoms with E-state index in [2.05, 4.69) is 29.2 Å². The Morgan fingerprint density at radius 1 is 1.14 bits per heavy atom. The van der Waals surface area contributed by atoms with Crippen molar-refractivity contribution in [2.45, 2.75) is 27.2 Å². The molecule has 0 spiro atoms. The number of urea groups is 1. The fraction of sp³-hybridized carbons (Fsp3) is 0.500. The van der Waals surface area contributed by atoms with Crippen LogP contribution in [0.1, 0.15) is 27.2 Å². The van der Waals surface area contributed by atoms with E-state index in [1.54, 1.807) is 31.2 Å². The van der Waals surface area contributed by atoms with Crippen molar-refractivity contribution in [2.24, 2.45) is 5.92 Å². The third-order valence-electron chi connectivity index (χ3n) is 2.80. The predicted octanol–water partition coefficient (Wildman–Crippen LogP) is 2.62. The fourth-order valence-electron chi connectivity index (χ4n) is 1.52. The molecule has 0 heterocycles. The molecule has 2 amide bonds. The van der Waals surface area contributed by atoms with Gasteiger partial charge in [-0.3, -0.25) is 4.72 Å². The lowest BCUT2D eigenvalue weighted by Gasteiger charge is -2.10. The van der Waals surface area contributed by atoms with Gasteiger partial charge in [0, 0.05) is 17.9 Å². The highest BCUT2D eigenvalue weighted by Crippen LogP contribution is 2.14. The minimum absolute atomic E-state index is 0.0191. The molecule has 1 aromatic rings. The smallest absolute Gasteiger partial charge is 0.319 e. The number of carbonyl (C=O) groups is 1. The quantitative estimate of drug-likeness (QED) is 0.723. The maximum Gasteiger partial charge on any atom is 0.319 e. The first-order chi connectivity index (χ1) is 9.82. The molecule has 0 radical (unpaired) electrons. The van der Waals surface area contributed by atoms with Crippen LogP contribution in [0.3, 0.4) is 0 Å². The van der Waals surface area contributed by atoms with Gasteiger partial charge >= 0.3 is 6.03 Å². The minimum Gasteiger partial charge on any atom is -0.338 e. The summed E-state index contributed by atoms with van der Waals surface area (Å²) in [6.07, 6.45) is 0.922. The van der Waals surface area contributed by atoms with Gasteiger partial charge in [-0.25, -0.2) is 13.2 Å². The van der Waals surface area contributed by atoms with Gasteiger partial charge in [0.2, 0.25) is 10.0 Å². The average Bonchev–Trinajstić information content (AvgIpc) is 2.40. The Hall–Kier alpha value is -1.76. The predicted molar refractivity (Wildman–Crippen MR) is 86.0 cm³/mol. The van der Waals surface area contributed by atoms with Crippen molar-refractivity contribution in [1.82, 2.24) is 5.32 Å². The maximum absolute atomic E-state index is 11.6. The summed E-state index contributed by atoms with van der Waals surface area (Å²) in [6.45, 7) is 6.38. The molecule has 0 bridgehead atoms. The SMILES string of the molecule is CCS(=O)(=O)Nc1ccc(NC(=O)NCCC(C)C)cc1. The Labute approximate surface area is 126 Å². The molecule has 0 saturated carbocycles. The summed E-state index contributed by atoms with van der Waals surface area (Å²) in [7, 11) is -3.28. The Bertz CT molecular complexity index is 553. The Kier molecular flexibility index (Phi) is 6.48. The summed E-state index contributed by atoms with van der Waals surface area (Å²) >= 11 is 0. The van der Waals surface area contributed by atoms with E-state index >= 15 is 0 Å². The van der Waals surface area contributed by atoms with E-state index in [4.69, 9.17) is 0 Å². The Morgan fingerprint density at radius 2 is 1.71 bits per heavy atom. The third kappa shape index (κ3) is 6.99. The van der Waals surface area contributed by atoms with Crippen LogP contribution >= 0.6 is 0 Å². The highest BCUT2D eigenvalue weighted by Gasteiger charge is 2.07. The van der Waals surface area contributed by atoms with Gasteiger partial charge < -0.3 is 10.6 Å². The Morgan fingerprint density at radius 3 is 2.24 bits per heavy atom. The minimum atomic E-state index is -3.28. The molecule has 0 unspecified atom stereocenters. The summed E-state index contributed by atoms with van der Waals surface area (Å²) < 4.78 is 25.3. The van der Waals surface area contributed by atoms with Gasteiger partial charge in [0.25, 0.3) is 0 Å². The summed E-state index contributed by atoms with van der Waals surface area (Å²) in [6, 6.07) is 6.25. The number of benzene rings is 1. The molecule has 6 nitrogen and oxygen atoms in total. The van der Waals surface area contributed by atoms with Crippen molar-refractivity contribution < 1.29 is 13.2 Å². The maximum atomic E-state index is 11.6. The summed E-state index contributed by atoms with van der Waals surface area (Å²) in [5.74, 6) is 0.557. The molecular weight excluding hydrogens is 290 g/mol. The van der Waals surface area contributed by atoms with Crippen molar-refractivity contribution in [3.05, 3.63) is 24.3 Å². The second-order valence-corrected chi connectivity index (χ2v) is 7.16. The van der Waals surface area contributed by atoms with E-state index in [0.29, 0.717) is 23.8 Å². The van der Waals surface area contributed by atoms with Crippen LogP contribution in [-0.4, -0.2) is 26.7 Å². The van der Waals surface area contributed by atoms with E-state index in [9.17, 15) is 13.2 Å². The van der Waals surface area contributed by atoms with E-state index in [0.717, 1.165) is 6.42 Å². The van der Waals surface area contributed by atoms with E-state index in [1.807, 2.05) is 0 Å². The molecule has 3 N–H and O–H groups in total. The van der Waals surface area contributed by atoms with Crippen molar-refractivity contribution in [2.75, 3.05) is 22.3 Å². The van der Waals surface area contributed by atoms with Gasteiger partial charge in [0.05, 0.1) is 5.75 Å². The van der Waals surface area contributed by atoms with Crippen molar-refractivity contribution in [3.63, 3.8) is 0 Å². The highest BCUT2D eigenvalue weighted by molar-refractivity contribution is 7.92. The number of hydrogen-bond donors (Lipinski definition) is 3. The zero-order chi connectivity index (χ0) is 15.9. The highest BCUT2D eigenvalue weighted by atomic mass is 32.2. The molecule has 0 fully saturated rings. The fourth-order valence-corrected chi connectivity index (χ4v) is 2.16. The monoisotopic (exact) mass is 313 g/mol. The number of carbonyl (C=O) groups excluding carboxylic acids is 1. The van der Waals surface area contributed by atoms with Gasteiger partial charge in [-0.1, -0.05) is 13.8 Å². The molecule has 118 valence electrons. The van der Waals surface area contributed by atoms with Crippen LogP contribution in [0.2, 0.25) is 0 Å². The number of nitrogens with one attached hydrogen (secondary N) is 3. The van der Waals surface area contributed by atoms with Crippen LogP contribution < -0.4 is 15.4 Å². The average molecular weight is 313 g/mol. The van der Waals surface area contributed by atoms with Gasteiger partial charge in [0.15, 0.2) is 0 Å². The molecular formula is C14H23N3O3S. The molecule has 0 aliphatic rings. The summed E-state index contributed by atoms with van der Waals surface area (Å²) in [5, 5.41) is 5.46. The second-order valence-electron chi connectivity index (χ2n) is 5.15. The topological polar surface area (TPSA) is 87.3 Å². The summed E-state index contributed by atoms with van der Waals surface area (Å²) in [5.41, 5.74) is 1.08. The van der Waals surface area contributed by atoms with E-state index in [-0.39, 0.29) is 11.8 Å². The standard InChI is InChI=1S/C14H23N3O3S/c1-4-21(19,20)17-13-7-5-12(6-8-13)16-14(18)15-10-9-11(2)3/h5-8,11,17H,4,9-10H2,1-3H3,(H2,15,16,18). The molecule has 21 heavy (non-hydrogen) atoms. The first-order valence-corrected chi connectivity index (χ1v) is 8.63. The second kappa shape index (κ2) is 7.87. The first kappa shape index (κ1) is 17.3. The lowest BCUT2D eigenvalue weighted by Crippen LogP contribution is -2.30. The Balaban J connectivity index is 2.49. The van der Waals surface area contributed by atoms with Crippen LogP contribution in [0.4, 0.5) is 16.2 Å². The number of anilines is 2. The number of rotatable bonds is 7. The van der Waals surface area contributed by atoms with E-state index in [1.165, 1.54) is 0 Å². The first-order valence-electron chi connectivity index (χ1n) is 6.98. The van der Waals surface area contributed by atoms with Crippen molar-refractivity contribution >= 4 is 27.4 Å². The lowest BCUT2D eigenvalue weighted by atomic mass is 10.1. The van der Waals surface area contributed by atoms with Crippen LogP contribution in [0.5, 0.6) is 0 Å². The number of hydrogen-bond acceptors (Lipinski definition) is 3. The van der Waals surface area contributed by atoms with Crippen molar-refractivity contribution in [1.29, 1.82) is 0 Å². The van der Waals surface area contributed by atoms with Crippen LogP contribution in [0.25, 0.3) is 0 Å². The van der Waals surface area contributed by atoms with Crippen molar-refractivity contribution in [3.8, 4) is 0 Å². The van der Waals surface area contributed by atoms with Crippen LogP contribution in [0, 0.1) is 5.92 Å². The van der Waals surface area contributed by atoms with Crippen LogP contribution in [-0.2, 0) is 10.0 Å². The number of amides is 2. The zero-order valence-electron chi connectivity index (χ0n) is 12.6. The number of sulfonamides is 1. The van der Waals surface area contributed by atoms with Gasteiger partial charge in [-0.2, -0.15) is 0 Å². The van der Waals surface area contributed by atoms with Gasteiger partial charge in [-0.15, -0.1) is 0 Å². The van der Waals surface area contributed by atoms with Gasteiger partial charge in [0.1, 0.15) is 0 Å². The summed E-state index contributed by atoms with van der Waals surface area (Å²) in [4.78, 5) is 11.6. The normalized spacial score (nSPS) is 11.2. The molecule has 7 heteroatoms. The molecule has 1 rings (SSSR count). The zero-order valence-corrected chi connectivity index (χ0v) is 13.5. The molecule has 0 aliphatic heterocycles. The molecule has 0 aromatic heterocycles. The largest absolute Gasteiger partial charge is 0.338 e. The van der Waals surface area contributed by atoms with E-state index < -0.39 is 10.0 Å². The lowest BCUT2D eigenvalue weighted by molar-refractivity contribution is 0.251.